The van der Waals surface area contributed by atoms with Crippen LogP contribution in [0, 0.1) is 0 Å². The molecule has 2 nitrogen and oxygen atoms in total. The predicted octanol–water partition coefficient (Wildman–Crippen LogP) is 3.71. The van der Waals surface area contributed by atoms with Crippen LogP contribution in [0.15, 0.2) is 35.4 Å². The summed E-state index contributed by atoms with van der Waals surface area (Å²) < 4.78 is 0.213. The van der Waals surface area contributed by atoms with E-state index in [1.807, 2.05) is 23.9 Å². The van der Waals surface area contributed by atoms with Crippen LogP contribution in [0.5, 0.6) is 0 Å². The van der Waals surface area contributed by atoms with Crippen LogP contribution >= 0.6 is 11.8 Å². The van der Waals surface area contributed by atoms with E-state index < -0.39 is 0 Å². The number of anilines is 1. The lowest BCUT2D eigenvalue weighted by Gasteiger charge is -2.17. The SMILES string of the molecule is CC(C)(C)Sc1ccc2nccc(N)c2c1. The second-order valence-corrected chi connectivity index (χ2v) is 6.69. The highest BCUT2D eigenvalue weighted by Gasteiger charge is 2.12. The Labute approximate surface area is 100 Å². The highest BCUT2D eigenvalue weighted by molar-refractivity contribution is 8.00. The molecule has 0 saturated heterocycles. The van der Waals surface area contributed by atoms with Crippen molar-refractivity contribution in [1.82, 2.24) is 4.98 Å². The Balaban J connectivity index is 2.47. The van der Waals surface area contributed by atoms with Gasteiger partial charge < -0.3 is 5.73 Å². The molecule has 0 spiro atoms. The monoisotopic (exact) mass is 232 g/mol. The standard InChI is InChI=1S/C13H16N2S/c1-13(2,3)16-9-4-5-12-10(8-9)11(14)6-7-15-12/h4-8H,1-3H3,(H2,14,15). The van der Waals surface area contributed by atoms with E-state index in [2.05, 4.69) is 37.9 Å². The Morgan fingerprint density at radius 1 is 1.19 bits per heavy atom. The van der Waals surface area contributed by atoms with Crippen LogP contribution in [0.1, 0.15) is 20.8 Å². The maximum Gasteiger partial charge on any atom is 0.0723 e. The Bertz CT molecular complexity index is 515. The van der Waals surface area contributed by atoms with Gasteiger partial charge in [-0.2, -0.15) is 0 Å². The highest BCUT2D eigenvalue weighted by atomic mass is 32.2. The van der Waals surface area contributed by atoms with Crippen LogP contribution in [-0.4, -0.2) is 9.73 Å². The van der Waals surface area contributed by atoms with Crippen LogP contribution in [0.4, 0.5) is 5.69 Å². The number of fused-ring (bicyclic) bond motifs is 1. The minimum Gasteiger partial charge on any atom is -0.398 e. The van der Waals surface area contributed by atoms with Gasteiger partial charge >= 0.3 is 0 Å². The Morgan fingerprint density at radius 3 is 2.62 bits per heavy atom. The molecule has 16 heavy (non-hydrogen) atoms. The number of nitrogen functional groups attached to an aromatic ring is 1. The molecule has 1 aromatic carbocycles. The van der Waals surface area contributed by atoms with E-state index in [1.165, 1.54) is 4.90 Å². The number of hydrogen-bond acceptors (Lipinski definition) is 3. The molecule has 3 heteroatoms. The van der Waals surface area contributed by atoms with Gasteiger partial charge in [0, 0.05) is 26.9 Å². The van der Waals surface area contributed by atoms with Crippen molar-refractivity contribution in [2.75, 3.05) is 5.73 Å². The highest BCUT2D eigenvalue weighted by Crippen LogP contribution is 2.34. The number of nitrogens with two attached hydrogens (primary N) is 1. The largest absolute Gasteiger partial charge is 0.398 e. The minimum atomic E-state index is 0.213. The summed E-state index contributed by atoms with van der Waals surface area (Å²) in [5.41, 5.74) is 7.69. The topological polar surface area (TPSA) is 38.9 Å². The molecule has 0 bridgehead atoms. The van der Waals surface area contributed by atoms with Gasteiger partial charge in [-0.25, -0.2) is 0 Å². The van der Waals surface area contributed by atoms with Gasteiger partial charge in [-0.1, -0.05) is 20.8 Å². The summed E-state index contributed by atoms with van der Waals surface area (Å²) >= 11 is 1.84. The summed E-state index contributed by atoms with van der Waals surface area (Å²) in [6, 6.07) is 8.09. The van der Waals surface area contributed by atoms with E-state index >= 15 is 0 Å². The maximum atomic E-state index is 5.94. The van der Waals surface area contributed by atoms with Crippen molar-refractivity contribution >= 4 is 28.4 Å². The molecule has 1 heterocycles. The Hall–Kier alpha value is -1.22. The number of nitrogens with zero attached hydrogens (tertiary/aromatic N) is 1. The molecule has 2 rings (SSSR count). The molecule has 0 amide bonds. The van der Waals surface area contributed by atoms with Crippen molar-refractivity contribution in [3.05, 3.63) is 30.5 Å². The maximum absolute atomic E-state index is 5.94. The average molecular weight is 232 g/mol. The molecule has 0 unspecified atom stereocenters. The van der Waals surface area contributed by atoms with Gasteiger partial charge in [0.1, 0.15) is 0 Å². The zero-order valence-electron chi connectivity index (χ0n) is 9.82. The second-order valence-electron chi connectivity index (χ2n) is 4.79. The van der Waals surface area contributed by atoms with Gasteiger partial charge in [-0.15, -0.1) is 11.8 Å². The Morgan fingerprint density at radius 2 is 1.94 bits per heavy atom. The smallest absolute Gasteiger partial charge is 0.0723 e. The molecular weight excluding hydrogens is 216 g/mol. The lowest BCUT2D eigenvalue weighted by molar-refractivity contribution is 0.803. The van der Waals surface area contributed by atoms with Crippen LogP contribution in [0.3, 0.4) is 0 Å². The van der Waals surface area contributed by atoms with E-state index in [0.29, 0.717) is 0 Å². The molecule has 84 valence electrons. The third kappa shape index (κ3) is 2.47. The summed E-state index contributed by atoms with van der Waals surface area (Å²) in [4.78, 5) is 5.53. The first-order valence-corrected chi connectivity index (χ1v) is 6.11. The van der Waals surface area contributed by atoms with Gasteiger partial charge in [-0.05, 0) is 24.3 Å². The van der Waals surface area contributed by atoms with Gasteiger partial charge in [-0.3, -0.25) is 4.98 Å². The van der Waals surface area contributed by atoms with Gasteiger partial charge in [0.2, 0.25) is 0 Å². The zero-order chi connectivity index (χ0) is 11.8. The van der Waals surface area contributed by atoms with Crippen molar-refractivity contribution in [1.29, 1.82) is 0 Å². The van der Waals surface area contributed by atoms with E-state index in [4.69, 9.17) is 5.73 Å². The summed E-state index contributed by atoms with van der Waals surface area (Å²) in [7, 11) is 0. The van der Waals surface area contributed by atoms with Gasteiger partial charge in [0.15, 0.2) is 0 Å². The van der Waals surface area contributed by atoms with Crippen molar-refractivity contribution in [2.24, 2.45) is 0 Å². The van der Waals surface area contributed by atoms with Crippen molar-refractivity contribution in [2.45, 2.75) is 30.4 Å². The number of benzene rings is 1. The van der Waals surface area contributed by atoms with Crippen molar-refractivity contribution in [3.63, 3.8) is 0 Å². The van der Waals surface area contributed by atoms with Crippen LogP contribution < -0.4 is 5.73 Å². The molecule has 2 N–H and O–H groups in total. The molecule has 2 aromatic rings. The number of pyridine rings is 1. The quantitative estimate of drug-likeness (QED) is 0.762. The van der Waals surface area contributed by atoms with E-state index in [1.54, 1.807) is 6.20 Å². The summed E-state index contributed by atoms with van der Waals surface area (Å²) in [6.07, 6.45) is 1.74. The van der Waals surface area contributed by atoms with Crippen LogP contribution in [0.2, 0.25) is 0 Å². The normalized spacial score (nSPS) is 11.9. The van der Waals surface area contributed by atoms with E-state index in [9.17, 15) is 0 Å². The molecule has 0 aliphatic rings. The van der Waals surface area contributed by atoms with Crippen molar-refractivity contribution in [3.8, 4) is 0 Å². The lowest BCUT2D eigenvalue weighted by atomic mass is 10.2. The van der Waals surface area contributed by atoms with Gasteiger partial charge in [0.05, 0.1) is 5.52 Å². The molecule has 0 aliphatic heterocycles. The molecule has 0 radical (unpaired) electrons. The lowest BCUT2D eigenvalue weighted by Crippen LogP contribution is -2.06. The number of thioether (sulfide) groups is 1. The summed E-state index contributed by atoms with van der Waals surface area (Å²) in [5, 5.41) is 1.04. The molecule has 0 saturated carbocycles. The molecule has 1 aromatic heterocycles. The number of aromatic nitrogens is 1. The predicted molar refractivity (Wildman–Crippen MR) is 71.8 cm³/mol. The van der Waals surface area contributed by atoms with Gasteiger partial charge in [0.25, 0.3) is 0 Å². The number of rotatable bonds is 1. The fraction of sp³-hybridized carbons (Fsp3) is 0.308. The fourth-order valence-electron chi connectivity index (χ4n) is 1.56. The minimum absolute atomic E-state index is 0.213. The number of hydrogen-bond donors (Lipinski definition) is 1. The van der Waals surface area contributed by atoms with Crippen molar-refractivity contribution < 1.29 is 0 Å². The van der Waals surface area contributed by atoms with Crippen LogP contribution in [-0.2, 0) is 0 Å². The first-order valence-electron chi connectivity index (χ1n) is 5.29. The molecular formula is C13H16N2S. The van der Waals surface area contributed by atoms with Crippen LogP contribution in [0.25, 0.3) is 10.9 Å². The third-order valence-electron chi connectivity index (χ3n) is 2.17. The summed E-state index contributed by atoms with van der Waals surface area (Å²) in [6.45, 7) is 6.61. The fourth-order valence-corrected chi connectivity index (χ4v) is 2.58. The summed E-state index contributed by atoms with van der Waals surface area (Å²) in [5.74, 6) is 0. The molecule has 0 aliphatic carbocycles. The molecule has 0 atom stereocenters. The Kier molecular flexibility index (Phi) is 2.80. The first-order chi connectivity index (χ1) is 7.46. The second kappa shape index (κ2) is 3.98. The average Bonchev–Trinajstić information content (AvgIpc) is 2.17. The van der Waals surface area contributed by atoms with E-state index in [-0.39, 0.29) is 4.75 Å². The molecule has 0 fully saturated rings. The first kappa shape index (κ1) is 11.3. The zero-order valence-corrected chi connectivity index (χ0v) is 10.6. The van der Waals surface area contributed by atoms with E-state index in [0.717, 1.165) is 16.6 Å². The third-order valence-corrected chi connectivity index (χ3v) is 3.27.